The summed E-state index contributed by atoms with van der Waals surface area (Å²) in [5.41, 5.74) is 3.86. The van der Waals surface area contributed by atoms with E-state index in [0.29, 0.717) is 12.3 Å². The van der Waals surface area contributed by atoms with Crippen LogP contribution in [0, 0.1) is 13.8 Å². The molecule has 0 unspecified atom stereocenters. The van der Waals surface area contributed by atoms with Crippen molar-refractivity contribution in [3.63, 3.8) is 0 Å². The number of aliphatic hydroxyl groups excluding tert-OH is 1. The Morgan fingerprint density at radius 1 is 1.41 bits per heavy atom. The van der Waals surface area contributed by atoms with Crippen LogP contribution in [0.4, 0.5) is 0 Å². The molecule has 1 amide bonds. The van der Waals surface area contributed by atoms with E-state index in [4.69, 9.17) is 4.52 Å². The van der Waals surface area contributed by atoms with E-state index in [0.717, 1.165) is 23.2 Å². The van der Waals surface area contributed by atoms with Gasteiger partial charge in [0, 0.05) is 12.1 Å². The summed E-state index contributed by atoms with van der Waals surface area (Å²) in [7, 11) is 0. The first kappa shape index (κ1) is 14.8. The number of carbonyl (C=O) groups is 1. The van der Waals surface area contributed by atoms with E-state index in [-0.39, 0.29) is 25.0 Å². The maximum Gasteiger partial charge on any atom is 0.227 e. The van der Waals surface area contributed by atoms with Crippen LogP contribution in [-0.4, -0.2) is 34.2 Å². The highest BCUT2D eigenvalue weighted by Gasteiger charge is 2.30. The predicted octanol–water partition coefficient (Wildman–Crippen LogP) is 1.95. The topological polar surface area (TPSA) is 66.6 Å². The van der Waals surface area contributed by atoms with Crippen LogP contribution in [-0.2, 0) is 17.6 Å². The van der Waals surface area contributed by atoms with Crippen molar-refractivity contribution in [1.82, 2.24) is 10.1 Å². The predicted molar refractivity (Wildman–Crippen MR) is 81.4 cm³/mol. The molecular weight excluding hydrogens is 280 g/mol. The summed E-state index contributed by atoms with van der Waals surface area (Å²) in [6, 6.07) is 7.73. The van der Waals surface area contributed by atoms with Crippen LogP contribution >= 0.6 is 0 Å². The van der Waals surface area contributed by atoms with Gasteiger partial charge < -0.3 is 14.5 Å². The van der Waals surface area contributed by atoms with Crippen LogP contribution in [0.1, 0.15) is 34.2 Å². The second-order valence-electron chi connectivity index (χ2n) is 5.71. The van der Waals surface area contributed by atoms with Gasteiger partial charge in [-0.2, -0.15) is 0 Å². The van der Waals surface area contributed by atoms with Gasteiger partial charge in [0.25, 0.3) is 0 Å². The Hall–Kier alpha value is -2.14. The lowest BCUT2D eigenvalue weighted by molar-refractivity contribution is -0.134. The van der Waals surface area contributed by atoms with E-state index in [9.17, 15) is 9.90 Å². The minimum Gasteiger partial charge on any atom is -0.394 e. The summed E-state index contributed by atoms with van der Waals surface area (Å²) < 4.78 is 5.12. The molecule has 1 atom stereocenters. The van der Waals surface area contributed by atoms with E-state index in [1.54, 1.807) is 4.90 Å². The fraction of sp³-hybridized carbons (Fsp3) is 0.412. The van der Waals surface area contributed by atoms with Crippen molar-refractivity contribution >= 4 is 5.91 Å². The molecular formula is C17H20N2O3. The first-order valence-corrected chi connectivity index (χ1v) is 7.51. The summed E-state index contributed by atoms with van der Waals surface area (Å²) in [5, 5.41) is 13.7. The molecule has 22 heavy (non-hydrogen) atoms. The summed E-state index contributed by atoms with van der Waals surface area (Å²) in [4.78, 5) is 14.5. The van der Waals surface area contributed by atoms with Crippen molar-refractivity contribution in [2.24, 2.45) is 0 Å². The number of amides is 1. The maximum atomic E-state index is 12.7. The first-order chi connectivity index (χ1) is 10.6. The van der Waals surface area contributed by atoms with Gasteiger partial charge in [-0.1, -0.05) is 29.4 Å². The van der Waals surface area contributed by atoms with Crippen molar-refractivity contribution < 1.29 is 14.4 Å². The van der Waals surface area contributed by atoms with E-state index in [1.807, 2.05) is 32.0 Å². The monoisotopic (exact) mass is 300 g/mol. The molecule has 0 bridgehead atoms. The fourth-order valence-electron chi connectivity index (χ4n) is 3.15. The Kier molecular flexibility index (Phi) is 3.98. The van der Waals surface area contributed by atoms with E-state index < -0.39 is 0 Å². The molecule has 1 aromatic heterocycles. The number of aryl methyl sites for hydroxylation is 2. The van der Waals surface area contributed by atoms with Gasteiger partial charge in [0.2, 0.25) is 5.91 Å². The zero-order valence-corrected chi connectivity index (χ0v) is 12.9. The largest absolute Gasteiger partial charge is 0.394 e. The van der Waals surface area contributed by atoms with Gasteiger partial charge in [0.15, 0.2) is 0 Å². The highest BCUT2D eigenvalue weighted by molar-refractivity contribution is 5.80. The van der Waals surface area contributed by atoms with Gasteiger partial charge in [0.1, 0.15) is 5.76 Å². The van der Waals surface area contributed by atoms with Crippen LogP contribution in [0.2, 0.25) is 0 Å². The van der Waals surface area contributed by atoms with Gasteiger partial charge in [-0.05, 0) is 31.4 Å². The summed E-state index contributed by atoms with van der Waals surface area (Å²) in [5.74, 6) is 0.687. The van der Waals surface area contributed by atoms with Gasteiger partial charge in [-0.25, -0.2) is 0 Å². The van der Waals surface area contributed by atoms with Crippen molar-refractivity contribution in [1.29, 1.82) is 0 Å². The lowest BCUT2D eigenvalue weighted by Gasteiger charge is -2.36. The number of hydrogen-bond donors (Lipinski definition) is 1. The number of carbonyl (C=O) groups excluding carboxylic acids is 1. The van der Waals surface area contributed by atoms with Crippen molar-refractivity contribution in [2.45, 2.75) is 32.7 Å². The number of nitrogens with zero attached hydrogens (tertiary/aromatic N) is 2. The standard InChI is InChI=1S/C17H20N2O3/c1-11-15(12(2)22-18-11)9-17(21)19-8-7-13-5-3-4-6-14(13)16(19)10-20/h3-6,16,20H,7-10H2,1-2H3/t16-/m1/s1. The molecule has 5 heteroatoms. The van der Waals surface area contributed by atoms with Crippen LogP contribution in [0.25, 0.3) is 0 Å². The third kappa shape index (κ3) is 2.52. The Labute approximate surface area is 129 Å². The fourth-order valence-corrected chi connectivity index (χ4v) is 3.15. The molecule has 1 N–H and O–H groups in total. The van der Waals surface area contributed by atoms with E-state index >= 15 is 0 Å². The molecule has 0 saturated carbocycles. The third-order valence-corrected chi connectivity index (χ3v) is 4.41. The normalized spacial score (nSPS) is 17.4. The second kappa shape index (κ2) is 5.93. The van der Waals surface area contributed by atoms with E-state index in [2.05, 4.69) is 11.2 Å². The Balaban J connectivity index is 1.84. The molecule has 5 nitrogen and oxygen atoms in total. The highest BCUT2D eigenvalue weighted by atomic mass is 16.5. The third-order valence-electron chi connectivity index (χ3n) is 4.41. The minimum atomic E-state index is -0.266. The maximum absolute atomic E-state index is 12.7. The molecule has 1 aliphatic rings. The zero-order valence-electron chi connectivity index (χ0n) is 12.9. The summed E-state index contributed by atoms with van der Waals surface area (Å²) in [6.07, 6.45) is 1.08. The van der Waals surface area contributed by atoms with Gasteiger partial charge in [-0.15, -0.1) is 0 Å². The van der Waals surface area contributed by atoms with Crippen LogP contribution in [0.15, 0.2) is 28.8 Å². The van der Waals surface area contributed by atoms with E-state index in [1.165, 1.54) is 5.56 Å². The molecule has 0 fully saturated rings. The van der Waals surface area contributed by atoms with Crippen LogP contribution in [0.5, 0.6) is 0 Å². The number of aliphatic hydroxyl groups is 1. The van der Waals surface area contributed by atoms with Gasteiger partial charge >= 0.3 is 0 Å². The van der Waals surface area contributed by atoms with Crippen molar-refractivity contribution in [2.75, 3.05) is 13.2 Å². The lowest BCUT2D eigenvalue weighted by atomic mass is 9.92. The smallest absolute Gasteiger partial charge is 0.227 e. The number of rotatable bonds is 3. The molecule has 2 aromatic rings. The molecule has 3 rings (SSSR count). The SMILES string of the molecule is Cc1noc(C)c1CC(=O)N1CCc2ccccc2[C@H]1CO. The molecule has 0 radical (unpaired) electrons. The average molecular weight is 300 g/mol. The summed E-state index contributed by atoms with van der Waals surface area (Å²) >= 11 is 0. The van der Waals surface area contributed by atoms with Crippen molar-refractivity contribution in [3.8, 4) is 0 Å². The van der Waals surface area contributed by atoms with Gasteiger partial charge in [-0.3, -0.25) is 4.79 Å². The Bertz CT molecular complexity index is 673. The van der Waals surface area contributed by atoms with Crippen molar-refractivity contribution in [3.05, 3.63) is 52.4 Å². The Morgan fingerprint density at radius 3 is 2.86 bits per heavy atom. The second-order valence-corrected chi connectivity index (χ2v) is 5.71. The number of hydrogen-bond acceptors (Lipinski definition) is 4. The first-order valence-electron chi connectivity index (χ1n) is 7.51. The van der Waals surface area contributed by atoms with Crippen LogP contribution in [0.3, 0.4) is 0 Å². The Morgan fingerprint density at radius 2 is 2.18 bits per heavy atom. The van der Waals surface area contributed by atoms with Crippen LogP contribution < -0.4 is 0 Å². The summed E-state index contributed by atoms with van der Waals surface area (Å²) in [6.45, 7) is 4.22. The molecule has 0 saturated heterocycles. The molecule has 1 aliphatic heterocycles. The number of aromatic nitrogens is 1. The number of fused-ring (bicyclic) bond motifs is 1. The average Bonchev–Trinajstić information content (AvgIpc) is 2.85. The molecule has 1 aromatic carbocycles. The minimum absolute atomic E-state index is 0.00273. The molecule has 116 valence electrons. The molecule has 0 aliphatic carbocycles. The molecule has 2 heterocycles. The quantitative estimate of drug-likeness (QED) is 0.941. The highest BCUT2D eigenvalue weighted by Crippen LogP contribution is 2.30. The number of benzene rings is 1. The molecule has 0 spiro atoms. The van der Waals surface area contributed by atoms with Gasteiger partial charge in [0.05, 0.1) is 24.8 Å². The lowest BCUT2D eigenvalue weighted by Crippen LogP contribution is -2.42. The zero-order chi connectivity index (χ0) is 15.7.